The van der Waals surface area contributed by atoms with Gasteiger partial charge in [-0.1, -0.05) is 52.8 Å². The lowest BCUT2D eigenvalue weighted by Crippen LogP contribution is -2.61. The lowest BCUT2D eigenvalue weighted by atomic mass is 9.82. The van der Waals surface area contributed by atoms with Crippen LogP contribution in [-0.4, -0.2) is 40.4 Å². The van der Waals surface area contributed by atoms with Gasteiger partial charge >= 0.3 is 0 Å². The Morgan fingerprint density at radius 2 is 1.94 bits per heavy atom. The summed E-state index contributed by atoms with van der Waals surface area (Å²) in [6.45, 7) is 4.91. The first-order chi connectivity index (χ1) is 15.5. The minimum Gasteiger partial charge on any atom is -0.348 e. The van der Waals surface area contributed by atoms with Crippen LogP contribution in [0.3, 0.4) is 0 Å². The van der Waals surface area contributed by atoms with Crippen molar-refractivity contribution in [3.63, 3.8) is 0 Å². The molecule has 5 rings (SSSR count). The molecule has 0 bridgehead atoms. The molecule has 2 heterocycles. The zero-order chi connectivity index (χ0) is 22.2. The van der Waals surface area contributed by atoms with E-state index < -0.39 is 0 Å². The molecule has 1 fully saturated rings. The van der Waals surface area contributed by atoms with Crippen molar-refractivity contribution in [2.75, 3.05) is 13.1 Å². The van der Waals surface area contributed by atoms with E-state index in [0.717, 1.165) is 29.3 Å². The molecule has 2 amide bonds. The molecule has 5 nitrogen and oxygen atoms in total. The number of hydrogen-bond acceptors (Lipinski definition) is 2. The van der Waals surface area contributed by atoms with Crippen molar-refractivity contribution in [1.82, 2.24) is 14.8 Å². The molecular formula is C26H26BrN3O2. The number of benzene rings is 2. The predicted molar refractivity (Wildman–Crippen MR) is 130 cm³/mol. The third kappa shape index (κ3) is 3.88. The lowest BCUT2D eigenvalue weighted by Gasteiger charge is -2.39. The summed E-state index contributed by atoms with van der Waals surface area (Å²) in [7, 11) is 0. The maximum atomic E-state index is 12.9. The first-order valence-corrected chi connectivity index (χ1v) is 11.9. The number of nitrogens with zero attached hydrogens (tertiary/aromatic N) is 2. The first-order valence-electron chi connectivity index (χ1n) is 11.1. The van der Waals surface area contributed by atoms with Gasteiger partial charge in [0.2, 0.25) is 11.8 Å². The second-order valence-corrected chi connectivity index (χ2v) is 9.65. The molecule has 1 unspecified atom stereocenters. The summed E-state index contributed by atoms with van der Waals surface area (Å²) in [5, 5.41) is 4.31. The van der Waals surface area contributed by atoms with Crippen molar-refractivity contribution in [3.05, 3.63) is 82.5 Å². The van der Waals surface area contributed by atoms with Gasteiger partial charge in [-0.15, -0.1) is 0 Å². The summed E-state index contributed by atoms with van der Waals surface area (Å²) >= 11 is 3.63. The van der Waals surface area contributed by atoms with Crippen LogP contribution in [0.25, 0.3) is 10.9 Å². The molecule has 0 radical (unpaired) electrons. The third-order valence-electron chi connectivity index (χ3n) is 6.73. The van der Waals surface area contributed by atoms with Crippen molar-refractivity contribution >= 4 is 38.6 Å². The maximum Gasteiger partial charge on any atom is 0.246 e. The zero-order valence-corrected chi connectivity index (χ0v) is 19.5. The third-order valence-corrected chi connectivity index (χ3v) is 7.23. The lowest BCUT2D eigenvalue weighted by molar-refractivity contribution is -0.133. The van der Waals surface area contributed by atoms with Gasteiger partial charge in [0.15, 0.2) is 0 Å². The van der Waals surface area contributed by atoms with Gasteiger partial charge in [0, 0.05) is 34.2 Å². The van der Waals surface area contributed by atoms with Crippen LogP contribution in [0.15, 0.2) is 65.7 Å². The molecule has 1 atom stereocenters. The summed E-state index contributed by atoms with van der Waals surface area (Å²) < 4.78 is 3.25. The summed E-state index contributed by atoms with van der Waals surface area (Å²) in [5.41, 5.74) is 5.13. The van der Waals surface area contributed by atoms with Crippen LogP contribution in [0.4, 0.5) is 0 Å². The maximum absolute atomic E-state index is 12.9. The van der Waals surface area contributed by atoms with Crippen LogP contribution in [-0.2, 0) is 29.0 Å². The minimum absolute atomic E-state index is 0.00602. The average molecular weight is 492 g/mol. The largest absolute Gasteiger partial charge is 0.348 e. The second kappa shape index (κ2) is 8.58. The molecule has 1 aliphatic heterocycles. The second-order valence-electron chi connectivity index (χ2n) is 8.74. The van der Waals surface area contributed by atoms with Gasteiger partial charge in [0.05, 0.1) is 6.04 Å². The highest BCUT2D eigenvalue weighted by Gasteiger charge is 2.31. The number of amides is 2. The average Bonchev–Trinajstić information content (AvgIpc) is 3.08. The molecule has 6 heteroatoms. The monoisotopic (exact) mass is 491 g/mol. The zero-order valence-electron chi connectivity index (χ0n) is 17.9. The molecule has 2 aliphatic rings. The normalized spacial score (nSPS) is 18.2. The van der Waals surface area contributed by atoms with E-state index in [2.05, 4.69) is 74.9 Å². The van der Waals surface area contributed by atoms with E-state index in [1.165, 1.54) is 28.3 Å². The fourth-order valence-electron chi connectivity index (χ4n) is 5.11. The predicted octanol–water partition coefficient (Wildman–Crippen LogP) is 4.19. The topological polar surface area (TPSA) is 54.3 Å². The van der Waals surface area contributed by atoms with Crippen LogP contribution in [0.2, 0.25) is 0 Å². The molecule has 1 aliphatic carbocycles. The Labute approximate surface area is 196 Å². The smallest absolute Gasteiger partial charge is 0.246 e. The number of rotatable bonds is 5. The molecular weight excluding hydrogens is 466 g/mol. The van der Waals surface area contributed by atoms with E-state index in [-0.39, 0.29) is 17.9 Å². The van der Waals surface area contributed by atoms with E-state index in [0.29, 0.717) is 25.6 Å². The highest BCUT2D eigenvalue weighted by Crippen LogP contribution is 2.39. The summed E-state index contributed by atoms with van der Waals surface area (Å²) in [6, 6.07) is 17.1. The minimum atomic E-state index is -0.0838. The van der Waals surface area contributed by atoms with Crippen molar-refractivity contribution in [2.45, 2.75) is 37.8 Å². The van der Waals surface area contributed by atoms with Gasteiger partial charge in [-0.2, -0.15) is 0 Å². The van der Waals surface area contributed by atoms with Crippen LogP contribution in [0, 0.1) is 0 Å². The van der Waals surface area contributed by atoms with Gasteiger partial charge in [0.25, 0.3) is 0 Å². The Balaban J connectivity index is 1.38. The number of likely N-dealkylation sites (tertiary alicyclic amines) is 1. The summed E-state index contributed by atoms with van der Waals surface area (Å²) in [5.74, 6) is 0.409. The van der Waals surface area contributed by atoms with Crippen LogP contribution < -0.4 is 5.32 Å². The number of carbonyl (C=O) groups is 2. The molecule has 1 saturated heterocycles. The number of halogens is 1. The number of carbonyl (C=O) groups excluding carboxylic acids is 2. The first kappa shape index (κ1) is 21.0. The highest BCUT2D eigenvalue weighted by atomic mass is 79.9. The van der Waals surface area contributed by atoms with Gasteiger partial charge in [-0.05, 0) is 60.6 Å². The van der Waals surface area contributed by atoms with E-state index in [1.807, 2.05) is 6.07 Å². The summed E-state index contributed by atoms with van der Waals surface area (Å²) in [6.07, 6.45) is 4.34. The van der Waals surface area contributed by atoms with Crippen LogP contribution in [0.1, 0.15) is 29.2 Å². The van der Waals surface area contributed by atoms with Gasteiger partial charge < -0.3 is 14.8 Å². The number of hydrogen-bond donors (Lipinski definition) is 1. The highest BCUT2D eigenvalue weighted by molar-refractivity contribution is 9.10. The van der Waals surface area contributed by atoms with Crippen molar-refractivity contribution < 1.29 is 9.59 Å². The van der Waals surface area contributed by atoms with E-state index in [1.54, 1.807) is 4.90 Å². The van der Waals surface area contributed by atoms with Gasteiger partial charge in [-0.3, -0.25) is 9.59 Å². The molecule has 2 aromatic carbocycles. The van der Waals surface area contributed by atoms with E-state index >= 15 is 0 Å². The number of nitrogens with one attached hydrogen (secondary N) is 1. The SMILES string of the molecule is C=CC(=O)N1CC(NC(=O)Cn2c3c(c4cc(Br)ccc42)CC(c2ccccc2)CC3)C1. The Bertz CT molecular complexity index is 1190. The molecule has 1 N–H and O–H groups in total. The van der Waals surface area contributed by atoms with Gasteiger partial charge in [0.1, 0.15) is 6.54 Å². The molecule has 164 valence electrons. The Kier molecular flexibility index (Phi) is 5.64. The molecule has 0 saturated carbocycles. The van der Waals surface area contributed by atoms with Crippen LogP contribution >= 0.6 is 15.9 Å². The van der Waals surface area contributed by atoms with Crippen LogP contribution in [0.5, 0.6) is 0 Å². The molecule has 32 heavy (non-hydrogen) atoms. The fraction of sp³-hybridized carbons (Fsp3) is 0.308. The standard InChI is InChI=1S/C26H26BrN3O2/c1-2-26(32)29-14-20(15-29)28-25(31)16-30-23-10-8-18(17-6-4-3-5-7-17)12-21(23)22-13-19(27)9-11-24(22)30/h2-7,9,11,13,18,20H,1,8,10,12,14-16H2,(H,28,31). The molecule has 0 spiro atoms. The van der Waals surface area contributed by atoms with Gasteiger partial charge in [-0.25, -0.2) is 0 Å². The summed E-state index contributed by atoms with van der Waals surface area (Å²) in [4.78, 5) is 26.2. The van der Waals surface area contributed by atoms with Crippen molar-refractivity contribution in [2.24, 2.45) is 0 Å². The Morgan fingerprint density at radius 3 is 2.69 bits per heavy atom. The Hall–Kier alpha value is -2.86. The number of aromatic nitrogens is 1. The molecule has 3 aromatic rings. The van der Waals surface area contributed by atoms with Crippen molar-refractivity contribution in [1.29, 1.82) is 0 Å². The van der Waals surface area contributed by atoms with E-state index in [9.17, 15) is 9.59 Å². The Morgan fingerprint density at radius 1 is 1.16 bits per heavy atom. The fourth-order valence-corrected chi connectivity index (χ4v) is 5.47. The molecule has 1 aromatic heterocycles. The van der Waals surface area contributed by atoms with E-state index in [4.69, 9.17) is 0 Å². The quantitative estimate of drug-likeness (QED) is 0.544. The number of fused-ring (bicyclic) bond motifs is 3. The van der Waals surface area contributed by atoms with Crippen molar-refractivity contribution in [3.8, 4) is 0 Å².